The van der Waals surface area contributed by atoms with Crippen LogP contribution in [0, 0.1) is 0 Å². The second-order valence-corrected chi connectivity index (χ2v) is 5.06. The normalized spacial score (nSPS) is 10.1. The molecule has 0 amide bonds. The van der Waals surface area contributed by atoms with Crippen molar-refractivity contribution in [3.05, 3.63) is 71.8 Å². The summed E-state index contributed by atoms with van der Waals surface area (Å²) >= 11 is 0. The van der Waals surface area contributed by atoms with Gasteiger partial charge in [-0.2, -0.15) is 0 Å². The summed E-state index contributed by atoms with van der Waals surface area (Å²) in [6.07, 6.45) is 2.52. The molecule has 1 heteroatoms. The summed E-state index contributed by atoms with van der Waals surface area (Å²) < 4.78 is 0. The lowest BCUT2D eigenvalue weighted by atomic mass is 10.2. The Morgan fingerprint density at radius 3 is 1.40 bits per heavy atom. The summed E-state index contributed by atoms with van der Waals surface area (Å²) in [5.74, 6) is 0. The first-order chi connectivity index (χ1) is 7.45. The fraction of sp³-hybridized carbons (Fsp3) is 0.143. The summed E-state index contributed by atoms with van der Waals surface area (Å²) in [5, 5.41) is 0. The Morgan fingerprint density at radius 2 is 1.00 bits per heavy atom. The lowest BCUT2D eigenvalue weighted by Crippen LogP contribution is -1.80. The molecule has 0 radical (unpaired) electrons. The zero-order valence-electron chi connectivity index (χ0n) is 8.77. The standard InChI is InChI=1S/C14H15P/c1-3-7-13(8-4-1)11-15-12-14-9-5-2-6-10-14/h1-10,15H,11-12H2/p+1. The van der Waals surface area contributed by atoms with Crippen molar-refractivity contribution in [2.75, 3.05) is 0 Å². The zero-order chi connectivity index (χ0) is 10.3. The highest BCUT2D eigenvalue weighted by Crippen LogP contribution is 2.23. The molecule has 0 atom stereocenters. The van der Waals surface area contributed by atoms with E-state index in [9.17, 15) is 0 Å². The number of rotatable bonds is 4. The lowest BCUT2D eigenvalue weighted by Gasteiger charge is -1.97. The minimum absolute atomic E-state index is 0.501. The maximum atomic E-state index is 2.22. The molecule has 0 bridgehead atoms. The van der Waals surface area contributed by atoms with Crippen molar-refractivity contribution in [1.29, 1.82) is 0 Å². The van der Waals surface area contributed by atoms with E-state index in [4.69, 9.17) is 0 Å². The molecule has 0 aromatic heterocycles. The molecule has 0 fully saturated rings. The average Bonchev–Trinajstić information content (AvgIpc) is 2.32. The van der Waals surface area contributed by atoms with Crippen molar-refractivity contribution in [2.45, 2.75) is 12.3 Å². The third-order valence-electron chi connectivity index (χ3n) is 2.45. The van der Waals surface area contributed by atoms with Gasteiger partial charge < -0.3 is 0 Å². The van der Waals surface area contributed by atoms with Crippen molar-refractivity contribution >= 4 is 8.58 Å². The second-order valence-electron chi connectivity index (χ2n) is 3.67. The van der Waals surface area contributed by atoms with Gasteiger partial charge in [-0.25, -0.2) is 0 Å². The van der Waals surface area contributed by atoms with Crippen LogP contribution in [0.15, 0.2) is 60.7 Å². The van der Waals surface area contributed by atoms with Gasteiger partial charge in [-0.1, -0.05) is 60.7 Å². The minimum atomic E-state index is 0.501. The summed E-state index contributed by atoms with van der Waals surface area (Å²) in [4.78, 5) is 0. The molecule has 0 N–H and O–H groups in total. The van der Waals surface area contributed by atoms with Crippen molar-refractivity contribution in [3.63, 3.8) is 0 Å². The van der Waals surface area contributed by atoms with Crippen LogP contribution in [0.5, 0.6) is 0 Å². The van der Waals surface area contributed by atoms with E-state index < -0.39 is 0 Å². The molecule has 2 aromatic rings. The van der Waals surface area contributed by atoms with Crippen LogP contribution in [-0.2, 0) is 12.3 Å². The summed E-state index contributed by atoms with van der Waals surface area (Å²) in [7, 11) is 0.501. The Bertz CT molecular complexity index is 341. The van der Waals surface area contributed by atoms with Crippen LogP contribution in [0.3, 0.4) is 0 Å². The topological polar surface area (TPSA) is 0 Å². The smallest absolute Gasteiger partial charge is 0.0622 e. The van der Waals surface area contributed by atoms with Crippen molar-refractivity contribution in [2.24, 2.45) is 0 Å². The summed E-state index contributed by atoms with van der Waals surface area (Å²) in [5.41, 5.74) is 2.95. The van der Waals surface area contributed by atoms with E-state index in [1.165, 1.54) is 23.5 Å². The monoisotopic (exact) mass is 215 g/mol. The van der Waals surface area contributed by atoms with Crippen LogP contribution in [-0.4, -0.2) is 0 Å². The molecule has 0 unspecified atom stereocenters. The van der Waals surface area contributed by atoms with E-state index in [1.807, 2.05) is 0 Å². The van der Waals surface area contributed by atoms with Gasteiger partial charge in [0.15, 0.2) is 0 Å². The predicted octanol–water partition coefficient (Wildman–Crippen LogP) is 3.80. The van der Waals surface area contributed by atoms with Gasteiger partial charge in [-0.05, 0) is 19.7 Å². The fourth-order valence-corrected chi connectivity index (χ4v) is 2.99. The van der Waals surface area contributed by atoms with Crippen molar-refractivity contribution < 1.29 is 0 Å². The highest BCUT2D eigenvalue weighted by molar-refractivity contribution is 7.36. The van der Waals surface area contributed by atoms with Crippen LogP contribution in [0.1, 0.15) is 11.1 Å². The highest BCUT2D eigenvalue weighted by atomic mass is 31.1. The largest absolute Gasteiger partial charge is 0.0800 e. The molecular formula is C14H16P+. The quantitative estimate of drug-likeness (QED) is 0.680. The first kappa shape index (κ1) is 10.4. The van der Waals surface area contributed by atoms with Gasteiger partial charge in [-0.15, -0.1) is 0 Å². The Balaban J connectivity index is 1.81. The molecule has 0 aliphatic rings. The van der Waals surface area contributed by atoms with Crippen LogP contribution in [0.4, 0.5) is 0 Å². The number of benzene rings is 2. The van der Waals surface area contributed by atoms with Crippen LogP contribution in [0.25, 0.3) is 0 Å². The van der Waals surface area contributed by atoms with Crippen LogP contribution < -0.4 is 0 Å². The molecule has 0 nitrogen and oxygen atoms in total. The summed E-state index contributed by atoms with van der Waals surface area (Å²) in [6.45, 7) is 0. The predicted molar refractivity (Wildman–Crippen MR) is 70.0 cm³/mol. The lowest BCUT2D eigenvalue weighted by molar-refractivity contribution is 1.35. The van der Waals surface area contributed by atoms with E-state index in [0.717, 1.165) is 0 Å². The maximum Gasteiger partial charge on any atom is 0.0800 e. The average molecular weight is 215 g/mol. The van der Waals surface area contributed by atoms with Gasteiger partial charge >= 0.3 is 0 Å². The Labute approximate surface area is 93.1 Å². The highest BCUT2D eigenvalue weighted by Gasteiger charge is 1.98. The SMILES string of the molecule is c1ccc(C[PH2+]Cc2ccccc2)cc1. The number of hydrogen-bond donors (Lipinski definition) is 0. The Kier molecular flexibility index (Phi) is 3.93. The molecule has 0 heterocycles. The first-order valence-corrected chi connectivity index (χ1v) is 6.98. The molecule has 15 heavy (non-hydrogen) atoms. The van der Waals surface area contributed by atoms with E-state index in [0.29, 0.717) is 8.58 Å². The van der Waals surface area contributed by atoms with Crippen LogP contribution >= 0.6 is 8.58 Å². The molecule has 76 valence electrons. The first-order valence-electron chi connectivity index (χ1n) is 5.34. The zero-order valence-corrected chi connectivity index (χ0v) is 9.92. The third-order valence-corrected chi connectivity index (χ3v) is 3.97. The number of hydrogen-bond acceptors (Lipinski definition) is 0. The second kappa shape index (κ2) is 5.68. The van der Waals surface area contributed by atoms with Gasteiger partial charge in [0, 0.05) is 0 Å². The van der Waals surface area contributed by atoms with Crippen molar-refractivity contribution in [1.82, 2.24) is 0 Å². The molecular weight excluding hydrogens is 199 g/mol. The van der Waals surface area contributed by atoms with E-state index in [1.54, 1.807) is 0 Å². The Morgan fingerprint density at radius 1 is 0.600 bits per heavy atom. The molecule has 2 rings (SSSR count). The molecule has 0 saturated carbocycles. The van der Waals surface area contributed by atoms with E-state index in [-0.39, 0.29) is 0 Å². The molecule has 0 spiro atoms. The van der Waals surface area contributed by atoms with Gasteiger partial charge in [0.25, 0.3) is 0 Å². The van der Waals surface area contributed by atoms with Gasteiger partial charge in [0.1, 0.15) is 0 Å². The molecule has 0 saturated heterocycles. The molecule has 0 aliphatic heterocycles. The van der Waals surface area contributed by atoms with Crippen LogP contribution in [0.2, 0.25) is 0 Å². The van der Waals surface area contributed by atoms with E-state index >= 15 is 0 Å². The minimum Gasteiger partial charge on any atom is -0.0622 e. The molecule has 2 aromatic carbocycles. The van der Waals surface area contributed by atoms with Gasteiger partial charge in [0.05, 0.1) is 12.3 Å². The fourth-order valence-electron chi connectivity index (χ4n) is 1.63. The summed E-state index contributed by atoms with van der Waals surface area (Å²) in [6, 6.07) is 21.5. The Hall–Kier alpha value is -1.13. The third kappa shape index (κ3) is 3.49. The molecule has 0 aliphatic carbocycles. The van der Waals surface area contributed by atoms with E-state index in [2.05, 4.69) is 60.7 Å². The van der Waals surface area contributed by atoms with Gasteiger partial charge in [0.2, 0.25) is 0 Å². The maximum absolute atomic E-state index is 2.22. The van der Waals surface area contributed by atoms with Gasteiger partial charge in [-0.3, -0.25) is 0 Å². The van der Waals surface area contributed by atoms with Crippen molar-refractivity contribution in [3.8, 4) is 0 Å².